The third-order valence-corrected chi connectivity index (χ3v) is 11.4. The number of esters is 1. The van der Waals surface area contributed by atoms with Crippen molar-refractivity contribution in [2.75, 3.05) is 26.4 Å². The summed E-state index contributed by atoms with van der Waals surface area (Å²) in [4.78, 5) is 33.9. The zero-order valence-corrected chi connectivity index (χ0v) is 37.9. The van der Waals surface area contributed by atoms with Gasteiger partial charge in [0.1, 0.15) is 12.7 Å². The molecule has 0 rings (SSSR count). The van der Waals surface area contributed by atoms with Crippen LogP contribution < -0.4 is 5.32 Å². The van der Waals surface area contributed by atoms with Gasteiger partial charge in [0.05, 0.1) is 13.2 Å². The number of amides is 1. The highest BCUT2D eigenvalue weighted by atomic mass is 31.2. The van der Waals surface area contributed by atoms with Gasteiger partial charge in [0.15, 0.2) is 0 Å². The van der Waals surface area contributed by atoms with E-state index in [1.165, 1.54) is 141 Å². The van der Waals surface area contributed by atoms with Crippen molar-refractivity contribution >= 4 is 19.7 Å². The predicted molar refractivity (Wildman–Crippen MR) is 238 cm³/mol. The topological polar surface area (TPSA) is 131 Å². The first-order chi connectivity index (χ1) is 27.8. The van der Waals surface area contributed by atoms with E-state index in [2.05, 4.69) is 43.5 Å². The number of unbranched alkanes of at least 4 members (excludes halogenated alkanes) is 28. The molecule has 0 aliphatic carbocycles. The van der Waals surface area contributed by atoms with Crippen LogP contribution in [0.2, 0.25) is 0 Å². The van der Waals surface area contributed by atoms with E-state index in [4.69, 9.17) is 13.8 Å². The van der Waals surface area contributed by atoms with Crippen molar-refractivity contribution in [3.63, 3.8) is 0 Å². The lowest BCUT2D eigenvalue weighted by molar-refractivity contribution is -0.147. The number of phosphoric acid groups is 1. The van der Waals surface area contributed by atoms with Crippen LogP contribution in [0.3, 0.4) is 0 Å². The van der Waals surface area contributed by atoms with E-state index in [0.717, 1.165) is 64.2 Å². The average molecular weight is 828 g/mol. The van der Waals surface area contributed by atoms with Crippen molar-refractivity contribution in [3.05, 3.63) is 24.3 Å². The molecule has 2 atom stereocenters. The highest BCUT2D eigenvalue weighted by molar-refractivity contribution is 7.47. The fraction of sp³-hybridized carbons (Fsp3) is 0.872. The summed E-state index contributed by atoms with van der Waals surface area (Å²) in [6.45, 7) is 3.53. The van der Waals surface area contributed by atoms with Gasteiger partial charge in [0.2, 0.25) is 5.91 Å². The molecule has 9 nitrogen and oxygen atoms in total. The van der Waals surface area contributed by atoms with Gasteiger partial charge in [-0.25, -0.2) is 4.57 Å². The van der Waals surface area contributed by atoms with Crippen LogP contribution in [0.5, 0.6) is 0 Å². The van der Waals surface area contributed by atoms with Crippen LogP contribution in [-0.2, 0) is 27.9 Å². The largest absolute Gasteiger partial charge is 0.472 e. The molecule has 57 heavy (non-hydrogen) atoms. The number of aliphatic hydroxyl groups excluding tert-OH is 1. The van der Waals surface area contributed by atoms with Gasteiger partial charge in [-0.1, -0.05) is 205 Å². The molecule has 0 saturated carbocycles. The molecule has 2 unspecified atom stereocenters. The molecule has 0 aliphatic rings. The minimum absolute atomic E-state index is 0.0760. The monoisotopic (exact) mass is 828 g/mol. The Hall–Kier alpha value is -1.51. The summed E-state index contributed by atoms with van der Waals surface area (Å²) in [6, 6.07) is 0. The SMILES string of the molecule is CCCC/C=C\C/C=C\CCCCCCCC(=O)NCCOP(=O)(O)OCC(O)COC(=O)CCCCCCCCCCCCCCCCCCCCCCCC. The standard InChI is InChI=1S/C47H90NO8P/c1-3-5-7-9-11-13-15-17-19-20-21-22-23-24-25-26-28-30-32-34-36-38-40-47(51)54-43-45(49)44-56-57(52,53)55-42-41-48-46(50)39-37-35-33-31-29-27-18-16-14-12-10-8-6-4-2/h10,12,16,18,45,49H,3-9,11,13-15,17,19-44H2,1-2H3,(H,48,50)(H,52,53)/b12-10-,18-16-. The predicted octanol–water partition coefficient (Wildman–Crippen LogP) is 13.6. The van der Waals surface area contributed by atoms with Crippen molar-refractivity contribution in [1.82, 2.24) is 5.32 Å². The summed E-state index contributed by atoms with van der Waals surface area (Å²) < 4.78 is 26.9. The van der Waals surface area contributed by atoms with E-state index in [0.29, 0.717) is 6.42 Å². The molecule has 336 valence electrons. The Morgan fingerprint density at radius 3 is 1.46 bits per heavy atom. The van der Waals surface area contributed by atoms with Gasteiger partial charge in [-0.15, -0.1) is 0 Å². The molecule has 0 bridgehead atoms. The van der Waals surface area contributed by atoms with Crippen LogP contribution in [-0.4, -0.2) is 54.3 Å². The van der Waals surface area contributed by atoms with Gasteiger partial charge in [-0.3, -0.25) is 18.6 Å². The van der Waals surface area contributed by atoms with Crippen LogP contribution in [0.4, 0.5) is 0 Å². The number of carbonyl (C=O) groups is 2. The first-order valence-electron chi connectivity index (χ1n) is 23.8. The van der Waals surface area contributed by atoms with E-state index >= 15 is 0 Å². The third kappa shape index (κ3) is 45.4. The number of allylic oxidation sites excluding steroid dienone is 4. The second-order valence-electron chi connectivity index (χ2n) is 16.1. The van der Waals surface area contributed by atoms with Crippen molar-refractivity contribution in [2.24, 2.45) is 0 Å². The summed E-state index contributed by atoms with van der Waals surface area (Å²) in [5.74, 6) is -0.522. The number of rotatable bonds is 45. The normalized spacial score (nSPS) is 13.4. The van der Waals surface area contributed by atoms with Crippen LogP contribution in [0.25, 0.3) is 0 Å². The molecule has 0 saturated heterocycles. The second kappa shape index (κ2) is 44.1. The summed E-state index contributed by atoms with van der Waals surface area (Å²) in [7, 11) is -4.42. The van der Waals surface area contributed by atoms with Crippen LogP contribution in [0.1, 0.15) is 232 Å². The second-order valence-corrected chi connectivity index (χ2v) is 17.5. The van der Waals surface area contributed by atoms with E-state index in [1.807, 2.05) is 0 Å². The molecule has 10 heteroatoms. The Labute approximate surface area is 350 Å². The molecule has 0 radical (unpaired) electrons. The summed E-state index contributed by atoms with van der Waals surface area (Å²) in [5.41, 5.74) is 0. The molecular weight excluding hydrogens is 737 g/mol. The lowest BCUT2D eigenvalue weighted by Crippen LogP contribution is -2.27. The van der Waals surface area contributed by atoms with Gasteiger partial charge in [-0.05, 0) is 38.5 Å². The molecule has 0 fully saturated rings. The molecule has 0 aromatic carbocycles. The zero-order chi connectivity index (χ0) is 41.8. The van der Waals surface area contributed by atoms with Crippen molar-refractivity contribution in [2.45, 2.75) is 238 Å². The highest BCUT2D eigenvalue weighted by Gasteiger charge is 2.23. The minimum atomic E-state index is -4.42. The van der Waals surface area contributed by atoms with Gasteiger partial charge in [-0.2, -0.15) is 0 Å². The van der Waals surface area contributed by atoms with Gasteiger partial charge >= 0.3 is 13.8 Å². The lowest BCUT2D eigenvalue weighted by Gasteiger charge is -2.15. The fourth-order valence-electron chi connectivity index (χ4n) is 6.75. The molecule has 0 aromatic rings. The quantitative estimate of drug-likeness (QED) is 0.0239. The smallest absolute Gasteiger partial charge is 0.463 e. The molecular formula is C47H90NO8P. The number of phosphoric ester groups is 1. The molecule has 3 N–H and O–H groups in total. The number of carbonyl (C=O) groups excluding carboxylic acids is 2. The summed E-state index contributed by atoms with van der Waals surface area (Å²) >= 11 is 0. The van der Waals surface area contributed by atoms with E-state index in [9.17, 15) is 24.2 Å². The molecule has 0 aliphatic heterocycles. The Morgan fingerprint density at radius 2 is 0.965 bits per heavy atom. The Balaban J connectivity index is 3.54. The lowest BCUT2D eigenvalue weighted by atomic mass is 10.0. The maximum absolute atomic E-state index is 12.1. The van der Waals surface area contributed by atoms with Gasteiger partial charge in [0, 0.05) is 19.4 Å². The van der Waals surface area contributed by atoms with Crippen LogP contribution in [0.15, 0.2) is 24.3 Å². The minimum Gasteiger partial charge on any atom is -0.463 e. The number of hydrogen-bond acceptors (Lipinski definition) is 7. The number of ether oxygens (including phenoxy) is 1. The number of aliphatic hydroxyl groups is 1. The van der Waals surface area contributed by atoms with Crippen molar-refractivity contribution in [3.8, 4) is 0 Å². The van der Waals surface area contributed by atoms with E-state index in [-0.39, 0.29) is 32.1 Å². The van der Waals surface area contributed by atoms with Crippen LogP contribution >= 0.6 is 7.82 Å². The van der Waals surface area contributed by atoms with E-state index in [1.54, 1.807) is 0 Å². The van der Waals surface area contributed by atoms with Gasteiger partial charge in [0.25, 0.3) is 0 Å². The third-order valence-electron chi connectivity index (χ3n) is 10.4. The van der Waals surface area contributed by atoms with Crippen LogP contribution in [0, 0.1) is 0 Å². The zero-order valence-electron chi connectivity index (χ0n) is 37.0. The van der Waals surface area contributed by atoms with E-state index < -0.39 is 26.5 Å². The Morgan fingerprint density at radius 1 is 0.544 bits per heavy atom. The first-order valence-corrected chi connectivity index (χ1v) is 25.3. The maximum atomic E-state index is 12.1. The number of nitrogens with one attached hydrogen (secondary N) is 1. The van der Waals surface area contributed by atoms with Gasteiger partial charge < -0.3 is 20.1 Å². The highest BCUT2D eigenvalue weighted by Crippen LogP contribution is 2.42. The molecule has 1 amide bonds. The first kappa shape index (κ1) is 55.5. The summed E-state index contributed by atoms with van der Waals surface area (Å²) in [5, 5.41) is 12.7. The molecule has 0 aromatic heterocycles. The Kier molecular flexibility index (Phi) is 42.9. The average Bonchev–Trinajstić information content (AvgIpc) is 3.20. The maximum Gasteiger partial charge on any atom is 0.472 e. The Bertz CT molecular complexity index is 990. The molecule has 0 heterocycles. The molecule has 0 spiro atoms. The van der Waals surface area contributed by atoms with Crippen molar-refractivity contribution < 1.29 is 37.9 Å². The number of hydrogen-bond donors (Lipinski definition) is 3. The van der Waals surface area contributed by atoms with Crippen molar-refractivity contribution in [1.29, 1.82) is 0 Å². The fourth-order valence-corrected chi connectivity index (χ4v) is 7.51. The summed E-state index contributed by atoms with van der Waals surface area (Å²) in [6.07, 6.45) is 48.3.